The number of halogens is 1. The number of carbonyl (C=O) groups excluding carboxylic acids is 9. The Morgan fingerprint density at radius 1 is 0.642 bits per heavy atom. The van der Waals surface area contributed by atoms with Crippen LogP contribution in [0.3, 0.4) is 0 Å². The number of phenols is 1. The van der Waals surface area contributed by atoms with Crippen LogP contribution in [0.15, 0.2) is 169 Å². The number of Topliss-reactive ketones (excluding diaryl/α,β-unsaturated/α-hetero) is 3. The summed E-state index contributed by atoms with van der Waals surface area (Å²) in [6.45, 7) is 5.80. The number of benzene rings is 6. The molecule has 24 nitrogen and oxygen atoms in total. The number of aromatic nitrogens is 1. The molecular weight excluding hydrogens is 1520 g/mol. The molecule has 0 spiro atoms. The van der Waals surface area contributed by atoms with Crippen molar-refractivity contribution in [2.24, 2.45) is 45.9 Å². The number of amides is 6. The van der Waals surface area contributed by atoms with E-state index in [0.29, 0.717) is 98.8 Å². The number of hydrogen-bond donors (Lipinski definition) is 12. The topological polar surface area (TPSA) is 379 Å². The Hall–Kier alpha value is -10.7. The molecule has 0 bridgehead atoms. The molecule has 2 saturated heterocycles. The Kier molecular flexibility index (Phi) is 33.4. The second-order valence-corrected chi connectivity index (χ2v) is 33.7. The zero-order valence-electron chi connectivity index (χ0n) is 69.6. The van der Waals surface area contributed by atoms with Gasteiger partial charge in [-0.1, -0.05) is 147 Å². The number of rotatable bonds is 29. The molecule has 1 aromatic heterocycles. The van der Waals surface area contributed by atoms with Crippen molar-refractivity contribution in [3.8, 4) is 5.75 Å². The minimum atomic E-state index is -1.57. The number of aliphatic hydroxyl groups is 1. The summed E-state index contributed by atoms with van der Waals surface area (Å²) in [5.74, 6) is -7.07. The summed E-state index contributed by atoms with van der Waals surface area (Å²) in [7, 11) is 2.22. The molecule has 120 heavy (non-hydrogen) atoms. The number of aromatic hydroxyl groups is 1. The quantitative estimate of drug-likeness (QED) is 0.0118. The van der Waals surface area contributed by atoms with E-state index in [9.17, 15) is 33.8 Å². The largest absolute Gasteiger partial charge is 0.508 e. The summed E-state index contributed by atoms with van der Waals surface area (Å²) in [6, 6.07) is 37.1. The van der Waals surface area contributed by atoms with Crippen molar-refractivity contribution < 1.29 is 57.8 Å². The van der Waals surface area contributed by atoms with Gasteiger partial charge in [0.15, 0.2) is 17.5 Å². The van der Waals surface area contributed by atoms with Gasteiger partial charge in [0.1, 0.15) is 47.6 Å². The van der Waals surface area contributed by atoms with Crippen molar-refractivity contribution in [1.82, 2.24) is 46.7 Å². The number of likely N-dealkylation sites (tertiary alicyclic amines) is 1. The number of guanidine groups is 1. The average Bonchev–Trinajstić information content (AvgIpc) is 1.49. The number of allylic oxidation sites excluding steroid dienone is 1. The van der Waals surface area contributed by atoms with Crippen LogP contribution in [-0.4, -0.2) is 178 Å². The van der Waals surface area contributed by atoms with E-state index in [1.165, 1.54) is 53.5 Å². The van der Waals surface area contributed by atoms with Crippen LogP contribution < -0.4 is 49.1 Å². The van der Waals surface area contributed by atoms with Crippen LogP contribution >= 0.6 is 0 Å². The Balaban J connectivity index is 0.901. The number of nitrogens with two attached hydrogens (primary N) is 3. The Labute approximate surface area is 704 Å². The lowest BCUT2D eigenvalue weighted by molar-refractivity contribution is -0.136. The molecule has 2 aliphatic carbocycles. The average molecular weight is 1640 g/mol. The number of H-pyrrole nitrogens is 1. The first-order valence-electron chi connectivity index (χ1n) is 43.1. The minimum Gasteiger partial charge on any atom is -0.508 e. The predicted molar refractivity (Wildman–Crippen MR) is 464 cm³/mol. The van der Waals surface area contributed by atoms with Gasteiger partial charge in [-0.25, -0.2) is 4.39 Å². The van der Waals surface area contributed by atoms with Crippen LogP contribution in [0.1, 0.15) is 173 Å². The number of phenolic OH excluding ortho intramolecular Hbond substituents is 1. The number of para-hydroxylation sites is 1. The molecule has 13 atom stereocenters. The third kappa shape index (κ3) is 25.9. The van der Waals surface area contributed by atoms with Crippen LogP contribution in [-0.2, 0) is 81.7 Å². The number of likely N-dealkylation sites (N-methyl/N-ethyl adjacent to an activating group) is 1. The standard InChI is InChI=1S/C95H122FN13O11/c1-60(110)89-87(115)55-71(48-65-34-40-73(96)41-35-65)85(113)33-12-6-11-31-79(101-56-66(47-64-36-42-74(112)43-37-64)25-16-18-46-109(61(2)111)59-67-49-77-76-29-19-26-68-38-39-69(88(68)76)53-84(77)108(3)58-67)86(114)54-70(27-20-45-100-95(98)99)90(116)104-81(50-62-21-7-4-8-22-62)92(118)105-82(51-63-23-9-5-10-24-63)93(119)106-83(52-72-57-102-78-30-14-13-28-75(72)78)94(120)103-80(91(117)107-89)32-15-17-44-97/h4-5,7-10,13-14,19,21-24,26,28-30,34-37,39-43,57,60,66-67,70-71,77,79-84,89,101-102,110,112H,6,11-12,15-18,20,25,27,31-33,38,44-56,58-59,97H2,1-3H3,(H,103,120)(H,104,116)(H,105,118)(H,106,119)(H,107,117)(H4,98,99,100)/t60-,66-,67-,70-,71-,77-,79-,80+,81+,82+,83-,84-,89+/m1/s1. The van der Waals surface area contributed by atoms with E-state index in [-0.39, 0.29) is 118 Å². The fraction of sp³-hybridized carbons (Fsp3) is 0.474. The molecule has 2 fully saturated rings. The molecular formula is C95H122FN13O11. The summed E-state index contributed by atoms with van der Waals surface area (Å²) in [6.07, 6.45) is 9.97. The maximum atomic E-state index is 15.7. The number of aromatic amines is 1. The first-order valence-corrected chi connectivity index (χ1v) is 43.1. The van der Waals surface area contributed by atoms with Crippen molar-refractivity contribution in [2.75, 3.05) is 46.3 Å². The molecule has 0 saturated carbocycles. The minimum absolute atomic E-state index is 0.00647. The van der Waals surface area contributed by atoms with Gasteiger partial charge < -0.3 is 74.1 Å². The SMILES string of the molecule is CC(=O)N(CCCC[C@@H](CN[C@@H]1CCCCCC(=O)[C@H](Cc2ccc(F)cc2)CC(=O)[C@H]([C@@H](C)O)NC(=O)[C@H](CCCCN)NC(=O)[C@@H](Cc2c[nH]c3ccccc23)NC(=O)[C@H](Cc2ccccc2)NC(=O)[C@H](Cc2ccccc2)NC(=O)[C@H](CCCN=C(N)N)CC1=O)Cc1ccc(O)cc1)C[C@@H]1C[C@@H]2c3cccc4c3C(=CC4)C[C@H]2N(C)C1. The monoisotopic (exact) mass is 1640 g/mol. The lowest BCUT2D eigenvalue weighted by atomic mass is 9.70. The second kappa shape index (κ2) is 44.5. The summed E-state index contributed by atoms with van der Waals surface area (Å²) in [5.41, 5.74) is 27.6. The van der Waals surface area contributed by atoms with E-state index < -0.39 is 102 Å². The van der Waals surface area contributed by atoms with Crippen molar-refractivity contribution in [1.29, 1.82) is 0 Å². The number of nitrogens with zero attached hydrogens (tertiary/aromatic N) is 3. The summed E-state index contributed by atoms with van der Waals surface area (Å²) >= 11 is 0. The summed E-state index contributed by atoms with van der Waals surface area (Å²) in [5, 5.41) is 40.8. The Morgan fingerprint density at radius 3 is 1.95 bits per heavy atom. The molecule has 640 valence electrons. The number of fused-ring (bicyclic) bond motifs is 3. The number of unbranched alkanes of at least 4 members (excludes halogenated alkanes) is 2. The smallest absolute Gasteiger partial charge is 0.243 e. The number of ketones is 3. The van der Waals surface area contributed by atoms with E-state index in [1.54, 1.807) is 79.9 Å². The molecule has 4 aliphatic rings. The lowest BCUT2D eigenvalue weighted by Gasteiger charge is -2.47. The molecule has 0 radical (unpaired) electrons. The maximum absolute atomic E-state index is 15.7. The van der Waals surface area contributed by atoms with Crippen LogP contribution in [0.2, 0.25) is 0 Å². The first-order chi connectivity index (χ1) is 57.9. The predicted octanol–water partition coefficient (Wildman–Crippen LogP) is 9.24. The molecule has 7 aromatic rings. The Morgan fingerprint density at radius 2 is 1.27 bits per heavy atom. The van der Waals surface area contributed by atoms with E-state index >= 15 is 24.0 Å². The highest BCUT2D eigenvalue weighted by atomic mass is 19.1. The molecule has 6 aromatic carbocycles. The second-order valence-electron chi connectivity index (χ2n) is 33.7. The number of hydrogen-bond acceptors (Lipinski definition) is 15. The van der Waals surface area contributed by atoms with E-state index in [0.717, 1.165) is 55.1 Å². The van der Waals surface area contributed by atoms with Gasteiger partial charge in [0.25, 0.3) is 0 Å². The van der Waals surface area contributed by atoms with Crippen LogP contribution in [0.5, 0.6) is 5.75 Å². The van der Waals surface area contributed by atoms with Gasteiger partial charge >= 0.3 is 0 Å². The van der Waals surface area contributed by atoms with Gasteiger partial charge in [-0.3, -0.25) is 48.1 Å². The lowest BCUT2D eigenvalue weighted by Crippen LogP contribution is -2.60. The Bertz CT molecular complexity index is 4670. The summed E-state index contributed by atoms with van der Waals surface area (Å²) in [4.78, 5) is 148. The highest BCUT2D eigenvalue weighted by Gasteiger charge is 2.43. The van der Waals surface area contributed by atoms with Gasteiger partial charge in [0.05, 0.1) is 12.1 Å². The van der Waals surface area contributed by atoms with Gasteiger partial charge in [-0.15, -0.1) is 0 Å². The molecule has 0 unspecified atom stereocenters. The zero-order valence-corrected chi connectivity index (χ0v) is 69.6. The van der Waals surface area contributed by atoms with Crippen molar-refractivity contribution >= 4 is 75.2 Å². The van der Waals surface area contributed by atoms with Gasteiger partial charge in [-0.05, 0) is 209 Å². The highest BCUT2D eigenvalue weighted by Crippen LogP contribution is 2.49. The third-order valence-electron chi connectivity index (χ3n) is 24.6. The van der Waals surface area contributed by atoms with E-state index in [4.69, 9.17) is 17.2 Å². The van der Waals surface area contributed by atoms with E-state index in [1.807, 2.05) is 47.4 Å². The maximum Gasteiger partial charge on any atom is 0.243 e. The fourth-order valence-electron chi connectivity index (χ4n) is 18.1. The number of carbonyl (C=O) groups is 9. The normalized spacial score (nSPS) is 23.3. The van der Waals surface area contributed by atoms with Gasteiger partial charge in [-0.2, -0.15) is 0 Å². The molecule has 11 rings (SSSR count). The molecule has 15 N–H and O–H groups in total. The molecule has 25 heteroatoms. The highest BCUT2D eigenvalue weighted by molar-refractivity contribution is 5.99. The van der Waals surface area contributed by atoms with Crippen LogP contribution in [0.4, 0.5) is 4.39 Å². The fourth-order valence-corrected chi connectivity index (χ4v) is 18.1. The van der Waals surface area contributed by atoms with Crippen LogP contribution in [0, 0.1) is 29.5 Å². The van der Waals surface area contributed by atoms with Gasteiger partial charge in [0.2, 0.25) is 35.4 Å². The summed E-state index contributed by atoms with van der Waals surface area (Å²) < 4.78 is 14.5. The zero-order chi connectivity index (χ0) is 85.2. The molecule has 3 heterocycles. The third-order valence-corrected chi connectivity index (χ3v) is 24.6. The van der Waals surface area contributed by atoms with Crippen LogP contribution in [0.25, 0.3) is 16.5 Å². The number of aliphatic hydroxyl groups excluding tert-OH is 1. The van der Waals surface area contributed by atoms with Crippen molar-refractivity contribution in [2.45, 2.75) is 216 Å². The van der Waals surface area contributed by atoms with Crippen molar-refractivity contribution in [3.63, 3.8) is 0 Å². The first kappa shape index (κ1) is 90.0. The number of piperidine rings is 1. The van der Waals surface area contributed by atoms with E-state index in [2.05, 4.69) is 78.1 Å². The number of aliphatic imine (C=N–C) groups is 1. The molecule has 6 amide bonds. The van der Waals surface area contributed by atoms with Crippen molar-refractivity contribution in [3.05, 3.63) is 214 Å². The number of nitrogens with one attached hydrogen (secondary N) is 7. The molecule has 2 aliphatic heterocycles. The van der Waals surface area contributed by atoms with Gasteiger partial charge in [0, 0.05) is 113 Å².